The molecule has 20 heavy (non-hydrogen) atoms. The molecule has 1 aromatic rings. The van der Waals surface area contributed by atoms with E-state index in [-0.39, 0.29) is 24.0 Å². The zero-order valence-electron chi connectivity index (χ0n) is 11.9. The average Bonchev–Trinajstić information content (AvgIpc) is 2.34. The van der Waals surface area contributed by atoms with Crippen LogP contribution in [0.2, 0.25) is 0 Å². The van der Waals surface area contributed by atoms with E-state index < -0.39 is 12.0 Å². The van der Waals surface area contributed by atoms with Gasteiger partial charge in [-0.1, -0.05) is 13.8 Å². The maximum Gasteiger partial charge on any atom is 0.328 e. The number of aromatic amines is 1. The Labute approximate surface area is 117 Å². The van der Waals surface area contributed by atoms with Crippen molar-refractivity contribution in [3.8, 4) is 0 Å². The van der Waals surface area contributed by atoms with Crippen molar-refractivity contribution in [2.45, 2.75) is 39.8 Å². The number of carbonyl (C=O) groups excluding carboxylic acids is 2. The van der Waals surface area contributed by atoms with Crippen LogP contribution in [0.3, 0.4) is 0 Å². The lowest BCUT2D eigenvalue weighted by Crippen LogP contribution is -2.41. The van der Waals surface area contributed by atoms with Crippen LogP contribution >= 0.6 is 0 Å². The van der Waals surface area contributed by atoms with Crippen molar-refractivity contribution in [2.75, 3.05) is 0 Å². The Bertz CT molecular complexity index is 522. The van der Waals surface area contributed by atoms with E-state index in [1.54, 1.807) is 6.07 Å². The predicted octanol–water partition coefficient (Wildman–Crippen LogP) is 0.969. The number of hydrogen-bond acceptors (Lipinski definition) is 4. The van der Waals surface area contributed by atoms with Crippen LogP contribution < -0.4 is 10.9 Å². The highest BCUT2D eigenvalue weighted by molar-refractivity contribution is 5.83. The zero-order chi connectivity index (χ0) is 15.1. The van der Waals surface area contributed by atoms with E-state index in [4.69, 9.17) is 4.74 Å². The molecule has 0 saturated heterocycles. The van der Waals surface area contributed by atoms with Crippen LogP contribution in [0.4, 0.5) is 0 Å². The molecule has 0 fully saturated rings. The smallest absolute Gasteiger partial charge is 0.328 e. The molecule has 1 heterocycles. The molecule has 2 N–H and O–H groups in total. The first kappa shape index (κ1) is 15.9. The highest BCUT2D eigenvalue weighted by Crippen LogP contribution is 2.08. The van der Waals surface area contributed by atoms with Crippen LogP contribution in [-0.2, 0) is 20.9 Å². The molecule has 0 bridgehead atoms. The van der Waals surface area contributed by atoms with Gasteiger partial charge in [-0.25, -0.2) is 4.79 Å². The van der Waals surface area contributed by atoms with E-state index in [2.05, 4.69) is 10.3 Å². The van der Waals surface area contributed by atoms with Crippen LogP contribution in [-0.4, -0.2) is 22.9 Å². The normalized spacial score (nSPS) is 12.0. The maximum absolute atomic E-state index is 11.9. The quantitative estimate of drug-likeness (QED) is 0.760. The summed E-state index contributed by atoms with van der Waals surface area (Å²) < 4.78 is 5.14. The third-order valence-electron chi connectivity index (χ3n) is 2.59. The lowest BCUT2D eigenvalue weighted by molar-refractivity contribution is -0.149. The van der Waals surface area contributed by atoms with Gasteiger partial charge < -0.3 is 15.0 Å². The molecule has 1 rings (SSSR count). The van der Waals surface area contributed by atoms with Gasteiger partial charge in [0.15, 0.2) is 0 Å². The summed E-state index contributed by atoms with van der Waals surface area (Å²) in [6.45, 7) is 5.28. The van der Waals surface area contributed by atoms with Gasteiger partial charge in [0.1, 0.15) is 12.6 Å². The summed E-state index contributed by atoms with van der Waals surface area (Å²) in [5, 5.41) is 2.58. The molecular formula is C14H20N2O4. The van der Waals surface area contributed by atoms with E-state index in [1.165, 1.54) is 19.2 Å². The number of esters is 1. The standard InChI is InChI=1S/C14H20N2O4/c1-9(2)6-12(16-10(3)17)14(19)20-8-11-4-5-15-13(18)7-11/h4-5,7,9,12H,6,8H2,1-3H3,(H,15,18)(H,16,17)/t12-/m1/s1. The lowest BCUT2D eigenvalue weighted by atomic mass is 10.0. The van der Waals surface area contributed by atoms with Gasteiger partial charge in [-0.15, -0.1) is 0 Å². The SMILES string of the molecule is CC(=O)N[C@H](CC(C)C)C(=O)OCc1cc[nH]c(=O)c1. The highest BCUT2D eigenvalue weighted by Gasteiger charge is 2.22. The van der Waals surface area contributed by atoms with Gasteiger partial charge in [-0.05, 0) is 24.0 Å². The molecule has 1 amide bonds. The molecule has 1 aromatic heterocycles. The number of amides is 1. The third-order valence-corrected chi connectivity index (χ3v) is 2.59. The van der Waals surface area contributed by atoms with Crippen LogP contribution in [0.1, 0.15) is 32.8 Å². The summed E-state index contributed by atoms with van der Waals surface area (Å²) in [7, 11) is 0. The number of hydrogen-bond donors (Lipinski definition) is 2. The minimum Gasteiger partial charge on any atom is -0.459 e. The topological polar surface area (TPSA) is 88.3 Å². The number of carbonyl (C=O) groups is 2. The number of pyridine rings is 1. The van der Waals surface area contributed by atoms with Crippen LogP contribution in [0, 0.1) is 5.92 Å². The highest BCUT2D eigenvalue weighted by atomic mass is 16.5. The first-order chi connectivity index (χ1) is 9.38. The van der Waals surface area contributed by atoms with Gasteiger partial charge in [-0.2, -0.15) is 0 Å². The van der Waals surface area contributed by atoms with Crippen LogP contribution in [0.5, 0.6) is 0 Å². The predicted molar refractivity (Wildman–Crippen MR) is 73.9 cm³/mol. The van der Waals surface area contributed by atoms with Crippen molar-refractivity contribution < 1.29 is 14.3 Å². The molecule has 0 aliphatic carbocycles. The first-order valence-electron chi connectivity index (χ1n) is 6.50. The summed E-state index contributed by atoms with van der Waals surface area (Å²) in [4.78, 5) is 36.6. The number of nitrogens with one attached hydrogen (secondary N) is 2. The Morgan fingerprint density at radius 1 is 1.40 bits per heavy atom. The number of rotatable bonds is 6. The Morgan fingerprint density at radius 2 is 2.10 bits per heavy atom. The minimum absolute atomic E-state index is 0.0108. The van der Waals surface area contributed by atoms with Crippen molar-refractivity contribution in [2.24, 2.45) is 5.92 Å². The Morgan fingerprint density at radius 3 is 2.65 bits per heavy atom. The molecular weight excluding hydrogens is 260 g/mol. The second-order valence-corrected chi connectivity index (χ2v) is 5.05. The summed E-state index contributed by atoms with van der Waals surface area (Å²) in [6, 6.07) is 2.36. The van der Waals surface area contributed by atoms with E-state index in [1.807, 2.05) is 13.8 Å². The molecule has 6 heteroatoms. The number of H-pyrrole nitrogens is 1. The monoisotopic (exact) mass is 280 g/mol. The molecule has 0 aliphatic heterocycles. The van der Waals surface area contributed by atoms with E-state index >= 15 is 0 Å². The fourth-order valence-corrected chi connectivity index (χ4v) is 1.76. The van der Waals surface area contributed by atoms with Crippen molar-refractivity contribution in [3.05, 3.63) is 34.2 Å². The molecule has 0 saturated carbocycles. The molecule has 0 radical (unpaired) electrons. The van der Waals surface area contributed by atoms with Gasteiger partial charge in [0.2, 0.25) is 11.5 Å². The second-order valence-electron chi connectivity index (χ2n) is 5.05. The van der Waals surface area contributed by atoms with E-state index in [0.29, 0.717) is 12.0 Å². The van der Waals surface area contributed by atoms with Gasteiger partial charge in [0.05, 0.1) is 0 Å². The molecule has 0 aliphatic rings. The lowest BCUT2D eigenvalue weighted by Gasteiger charge is -2.18. The van der Waals surface area contributed by atoms with Crippen molar-refractivity contribution in [3.63, 3.8) is 0 Å². The Kier molecular flexibility index (Phi) is 5.96. The number of ether oxygens (including phenoxy) is 1. The second kappa shape index (κ2) is 7.47. The van der Waals surface area contributed by atoms with Crippen molar-refractivity contribution in [1.82, 2.24) is 10.3 Å². The fourth-order valence-electron chi connectivity index (χ4n) is 1.76. The van der Waals surface area contributed by atoms with E-state index in [0.717, 1.165) is 0 Å². The Hall–Kier alpha value is -2.11. The summed E-state index contributed by atoms with van der Waals surface area (Å²) in [5.74, 6) is -0.517. The van der Waals surface area contributed by atoms with Crippen LogP contribution in [0.25, 0.3) is 0 Å². The van der Waals surface area contributed by atoms with Crippen molar-refractivity contribution in [1.29, 1.82) is 0 Å². The average molecular weight is 280 g/mol. The summed E-state index contributed by atoms with van der Waals surface area (Å²) >= 11 is 0. The van der Waals surface area contributed by atoms with Gasteiger partial charge >= 0.3 is 5.97 Å². The van der Waals surface area contributed by atoms with Crippen molar-refractivity contribution >= 4 is 11.9 Å². The van der Waals surface area contributed by atoms with Gasteiger partial charge in [-0.3, -0.25) is 9.59 Å². The first-order valence-corrected chi connectivity index (χ1v) is 6.50. The maximum atomic E-state index is 11.9. The summed E-state index contributed by atoms with van der Waals surface area (Å²) in [6.07, 6.45) is 2.00. The van der Waals surface area contributed by atoms with Gasteiger partial charge in [0.25, 0.3) is 0 Å². The summed E-state index contributed by atoms with van der Waals surface area (Å²) in [5.41, 5.74) is 0.354. The fraction of sp³-hybridized carbons (Fsp3) is 0.500. The molecule has 6 nitrogen and oxygen atoms in total. The third kappa shape index (κ3) is 5.69. The zero-order valence-corrected chi connectivity index (χ0v) is 11.9. The van der Waals surface area contributed by atoms with Gasteiger partial charge in [0, 0.05) is 19.2 Å². The Balaban J connectivity index is 2.61. The molecule has 0 unspecified atom stereocenters. The minimum atomic E-state index is -0.658. The van der Waals surface area contributed by atoms with E-state index in [9.17, 15) is 14.4 Å². The molecule has 1 atom stereocenters. The largest absolute Gasteiger partial charge is 0.459 e. The number of aromatic nitrogens is 1. The molecule has 0 aromatic carbocycles. The van der Waals surface area contributed by atoms with Crippen LogP contribution in [0.15, 0.2) is 23.1 Å². The molecule has 0 spiro atoms. The molecule has 110 valence electrons.